The van der Waals surface area contributed by atoms with Gasteiger partial charge in [0.15, 0.2) is 6.10 Å². The molecule has 0 unspecified atom stereocenters. The molecule has 0 aliphatic heterocycles. The van der Waals surface area contributed by atoms with Crippen molar-refractivity contribution >= 4 is 28.4 Å². The largest absolute Gasteiger partial charge is 0.481 e. The van der Waals surface area contributed by atoms with Crippen molar-refractivity contribution in [3.8, 4) is 5.75 Å². The van der Waals surface area contributed by atoms with Crippen LogP contribution in [-0.4, -0.2) is 24.3 Å². The van der Waals surface area contributed by atoms with E-state index in [4.69, 9.17) is 4.74 Å². The highest BCUT2D eigenvalue weighted by Gasteiger charge is 2.18. The van der Waals surface area contributed by atoms with Crippen molar-refractivity contribution < 1.29 is 9.53 Å². The van der Waals surface area contributed by atoms with E-state index < -0.39 is 6.10 Å². The third-order valence-corrected chi connectivity index (χ3v) is 5.73. The summed E-state index contributed by atoms with van der Waals surface area (Å²) in [5.74, 6) is 2.53. The average Bonchev–Trinajstić information content (AvgIpc) is 2.72. The Hall–Kier alpha value is -2.46. The topological polar surface area (TPSA) is 38.3 Å². The van der Waals surface area contributed by atoms with E-state index >= 15 is 0 Å². The zero-order chi connectivity index (χ0) is 19.8. The van der Waals surface area contributed by atoms with Crippen LogP contribution in [0.15, 0.2) is 66.7 Å². The molecular formula is C24H27NO2S. The minimum atomic E-state index is -0.470. The lowest BCUT2D eigenvalue weighted by molar-refractivity contribution is -0.127. The number of carbonyl (C=O) groups excluding carboxylic acids is 1. The van der Waals surface area contributed by atoms with Crippen LogP contribution in [0.1, 0.15) is 24.5 Å². The van der Waals surface area contributed by atoms with Crippen molar-refractivity contribution in [2.75, 3.05) is 12.3 Å². The zero-order valence-corrected chi connectivity index (χ0v) is 17.3. The van der Waals surface area contributed by atoms with E-state index in [9.17, 15) is 4.79 Å². The molecule has 0 spiro atoms. The first-order valence-electron chi connectivity index (χ1n) is 9.73. The number of benzene rings is 3. The van der Waals surface area contributed by atoms with Crippen molar-refractivity contribution in [2.45, 2.75) is 32.1 Å². The molecule has 0 aliphatic rings. The Morgan fingerprint density at radius 2 is 1.79 bits per heavy atom. The molecule has 28 heavy (non-hydrogen) atoms. The second-order valence-corrected chi connectivity index (χ2v) is 7.90. The third-order valence-electron chi connectivity index (χ3n) is 4.73. The first-order valence-corrected chi connectivity index (χ1v) is 10.9. The van der Waals surface area contributed by atoms with Crippen molar-refractivity contribution in [1.29, 1.82) is 0 Å². The van der Waals surface area contributed by atoms with Crippen LogP contribution < -0.4 is 10.1 Å². The summed E-state index contributed by atoms with van der Waals surface area (Å²) in [5.41, 5.74) is 2.67. The summed E-state index contributed by atoms with van der Waals surface area (Å²) >= 11 is 1.83. The van der Waals surface area contributed by atoms with E-state index in [0.717, 1.165) is 28.0 Å². The highest BCUT2D eigenvalue weighted by Crippen LogP contribution is 2.22. The van der Waals surface area contributed by atoms with Crippen molar-refractivity contribution in [1.82, 2.24) is 5.32 Å². The first-order chi connectivity index (χ1) is 13.7. The molecule has 1 N–H and O–H groups in total. The number of rotatable bonds is 9. The van der Waals surface area contributed by atoms with Gasteiger partial charge in [-0.15, -0.1) is 0 Å². The van der Waals surface area contributed by atoms with E-state index in [1.54, 1.807) is 0 Å². The third kappa shape index (κ3) is 5.52. The van der Waals surface area contributed by atoms with Gasteiger partial charge in [-0.2, -0.15) is 11.8 Å². The highest BCUT2D eigenvalue weighted by molar-refractivity contribution is 7.98. The number of carbonyl (C=O) groups is 1. The molecule has 0 aromatic heterocycles. The number of aryl methyl sites for hydroxylation is 1. The lowest BCUT2D eigenvalue weighted by Gasteiger charge is -2.17. The summed E-state index contributed by atoms with van der Waals surface area (Å²) in [7, 11) is 0. The molecule has 1 amide bonds. The highest BCUT2D eigenvalue weighted by atomic mass is 32.2. The Balaban J connectivity index is 1.45. The van der Waals surface area contributed by atoms with Gasteiger partial charge in [-0.05, 0) is 47.4 Å². The molecule has 0 fully saturated rings. The second kappa shape index (κ2) is 10.2. The average molecular weight is 394 g/mol. The Kier molecular flexibility index (Phi) is 7.38. The van der Waals surface area contributed by atoms with Crippen LogP contribution in [0.2, 0.25) is 0 Å². The minimum Gasteiger partial charge on any atom is -0.481 e. The predicted octanol–water partition coefficient (Wildman–Crippen LogP) is 5.36. The fourth-order valence-electron chi connectivity index (χ4n) is 3.04. The second-order valence-electron chi connectivity index (χ2n) is 6.79. The smallest absolute Gasteiger partial charge is 0.261 e. The lowest BCUT2D eigenvalue weighted by Crippen LogP contribution is -2.39. The quantitative estimate of drug-likeness (QED) is 0.498. The summed E-state index contributed by atoms with van der Waals surface area (Å²) in [6, 6.07) is 22.5. The van der Waals surface area contributed by atoms with Crippen LogP contribution >= 0.6 is 11.8 Å². The number of thioether (sulfide) groups is 1. The molecule has 3 nitrogen and oxygen atoms in total. The van der Waals surface area contributed by atoms with Gasteiger partial charge in [-0.1, -0.05) is 61.5 Å². The van der Waals surface area contributed by atoms with Crippen molar-refractivity contribution in [3.05, 3.63) is 77.9 Å². The van der Waals surface area contributed by atoms with Gasteiger partial charge in [0.05, 0.1) is 0 Å². The molecule has 3 aromatic rings. The maximum Gasteiger partial charge on any atom is 0.261 e. The Labute approximate surface area is 171 Å². The molecule has 3 rings (SSSR count). The summed E-state index contributed by atoms with van der Waals surface area (Å²) < 4.78 is 5.96. The van der Waals surface area contributed by atoms with Gasteiger partial charge in [-0.25, -0.2) is 0 Å². The summed E-state index contributed by atoms with van der Waals surface area (Å²) in [6.45, 7) is 4.75. The van der Waals surface area contributed by atoms with E-state index in [0.29, 0.717) is 13.0 Å². The molecule has 0 radical (unpaired) electrons. The molecule has 1 atom stereocenters. The maximum absolute atomic E-state index is 12.5. The Morgan fingerprint density at radius 1 is 1.04 bits per heavy atom. The van der Waals surface area contributed by atoms with Gasteiger partial charge in [0, 0.05) is 18.1 Å². The molecule has 0 aliphatic carbocycles. The molecule has 0 bridgehead atoms. The van der Waals surface area contributed by atoms with Gasteiger partial charge in [-0.3, -0.25) is 4.79 Å². The normalized spacial score (nSPS) is 11.9. The van der Waals surface area contributed by atoms with Crippen LogP contribution in [0.5, 0.6) is 5.75 Å². The summed E-state index contributed by atoms with van der Waals surface area (Å²) in [5, 5.41) is 5.29. The monoisotopic (exact) mass is 393 g/mol. The molecule has 0 saturated carbocycles. The predicted molar refractivity (Wildman–Crippen MR) is 119 cm³/mol. The van der Waals surface area contributed by atoms with Gasteiger partial charge in [0.25, 0.3) is 5.91 Å². The number of ether oxygens (including phenoxy) is 1. The van der Waals surface area contributed by atoms with Crippen LogP contribution in [0, 0.1) is 6.92 Å². The molecule has 0 heterocycles. The molecule has 0 saturated heterocycles. The summed E-state index contributed by atoms with van der Waals surface area (Å²) in [4.78, 5) is 12.5. The lowest BCUT2D eigenvalue weighted by atomic mass is 10.1. The SMILES string of the molecule is CC[C@@H](Oc1ccc2ccccc2c1)C(=O)NCCSCc1ccccc1C. The minimum absolute atomic E-state index is 0.0489. The van der Waals surface area contributed by atoms with Crippen molar-refractivity contribution in [2.24, 2.45) is 0 Å². The van der Waals surface area contributed by atoms with Crippen molar-refractivity contribution in [3.63, 3.8) is 0 Å². The van der Waals surface area contributed by atoms with E-state index in [1.807, 2.05) is 49.0 Å². The molecular weight excluding hydrogens is 366 g/mol. The number of nitrogens with one attached hydrogen (secondary N) is 1. The maximum atomic E-state index is 12.5. The first kappa shape index (κ1) is 20.3. The van der Waals surface area contributed by atoms with Crippen LogP contribution in [0.25, 0.3) is 10.8 Å². The number of hydrogen-bond donors (Lipinski definition) is 1. The van der Waals surface area contributed by atoms with Gasteiger partial charge in [0.1, 0.15) is 5.75 Å². The Morgan fingerprint density at radius 3 is 2.57 bits per heavy atom. The number of hydrogen-bond acceptors (Lipinski definition) is 3. The molecule has 3 aromatic carbocycles. The van der Waals surface area contributed by atoms with Gasteiger partial charge >= 0.3 is 0 Å². The van der Waals surface area contributed by atoms with Crippen LogP contribution in [0.3, 0.4) is 0 Å². The van der Waals surface area contributed by atoms with Crippen LogP contribution in [0.4, 0.5) is 0 Å². The van der Waals surface area contributed by atoms with Gasteiger partial charge < -0.3 is 10.1 Å². The Bertz CT molecular complexity index is 925. The molecule has 146 valence electrons. The fraction of sp³-hybridized carbons (Fsp3) is 0.292. The zero-order valence-electron chi connectivity index (χ0n) is 16.5. The van der Waals surface area contributed by atoms with Crippen LogP contribution in [-0.2, 0) is 10.5 Å². The van der Waals surface area contributed by atoms with E-state index in [-0.39, 0.29) is 5.91 Å². The summed E-state index contributed by atoms with van der Waals surface area (Å²) in [6.07, 6.45) is 0.164. The number of amides is 1. The molecule has 4 heteroatoms. The van der Waals surface area contributed by atoms with Gasteiger partial charge in [0.2, 0.25) is 0 Å². The standard InChI is InChI=1S/C24H27NO2S/c1-3-23(27-22-13-12-19-9-6-7-10-20(19)16-22)24(26)25-14-15-28-17-21-11-5-4-8-18(21)2/h4-13,16,23H,3,14-15,17H2,1-2H3,(H,25,26)/t23-/m1/s1. The fourth-order valence-corrected chi connectivity index (χ4v) is 3.98. The number of fused-ring (bicyclic) bond motifs is 1. The van der Waals surface area contributed by atoms with E-state index in [2.05, 4.69) is 48.6 Å². The van der Waals surface area contributed by atoms with E-state index in [1.165, 1.54) is 11.1 Å².